The molecular formula is C28H41F6N5O8. The molecule has 0 aliphatic carbocycles. The molecule has 0 radical (unpaired) electrons. The van der Waals surface area contributed by atoms with Gasteiger partial charge in [0, 0.05) is 51.9 Å². The number of H-pyrrole nitrogens is 1. The number of nitrogens with one attached hydrogen (secondary N) is 2. The minimum Gasteiger partial charge on any atom is -0.388 e. The number of halogens is 6. The fourth-order valence-electron chi connectivity index (χ4n) is 4.99. The van der Waals surface area contributed by atoms with E-state index in [1.54, 1.807) is 13.8 Å². The lowest BCUT2D eigenvalue weighted by Gasteiger charge is -2.26. The molecule has 1 aliphatic heterocycles. The molecule has 47 heavy (non-hydrogen) atoms. The highest BCUT2D eigenvalue weighted by Gasteiger charge is 2.44. The molecule has 19 heteroatoms. The van der Waals surface area contributed by atoms with E-state index >= 15 is 0 Å². The summed E-state index contributed by atoms with van der Waals surface area (Å²) in [6.45, 7) is 1.64. The number of aromatic nitrogens is 2. The number of aryl methyl sites for hydroxylation is 1. The van der Waals surface area contributed by atoms with Gasteiger partial charge in [0.2, 0.25) is 5.91 Å². The standard InChI is InChI=1S/C28H41F6N5O8/c1-3-5-11-37(24(44)27(29,30)31)12-6-7-13-38(25(45)28(32,33)34)14-8-10-35-19(40)9-15-39-16-17(23(43)36-26(39)46)22-21(42)20(41)18(4-2)47-22/h16,18,20-22,41-42H,3-15H2,1-2H3,(H,35,40)(H,36,43,46)/t18-,20?,21+,22+/m1/s1. The Morgan fingerprint density at radius 1 is 0.894 bits per heavy atom. The largest absolute Gasteiger partial charge is 0.471 e. The van der Waals surface area contributed by atoms with Crippen LogP contribution in [-0.2, 0) is 25.7 Å². The van der Waals surface area contributed by atoms with E-state index in [0.29, 0.717) is 29.1 Å². The summed E-state index contributed by atoms with van der Waals surface area (Å²) in [4.78, 5) is 63.6. The maximum absolute atomic E-state index is 13.2. The molecule has 0 bridgehead atoms. The Morgan fingerprint density at radius 2 is 1.43 bits per heavy atom. The first-order valence-corrected chi connectivity index (χ1v) is 15.3. The van der Waals surface area contributed by atoms with Crippen LogP contribution in [-0.4, -0.2) is 111 Å². The molecule has 1 saturated heterocycles. The maximum atomic E-state index is 13.2. The summed E-state index contributed by atoms with van der Waals surface area (Å²) in [6, 6.07) is 0. The van der Waals surface area contributed by atoms with Gasteiger partial charge in [0.25, 0.3) is 5.56 Å². The van der Waals surface area contributed by atoms with Crippen LogP contribution in [0.15, 0.2) is 15.8 Å². The third-order valence-electron chi connectivity index (χ3n) is 7.56. The number of aromatic amines is 1. The van der Waals surface area contributed by atoms with Crippen LogP contribution in [0, 0.1) is 0 Å². The summed E-state index contributed by atoms with van der Waals surface area (Å²) in [5, 5.41) is 22.8. The number of nitrogens with zero attached hydrogens (tertiary/aromatic N) is 3. The van der Waals surface area contributed by atoms with Gasteiger partial charge >= 0.3 is 29.9 Å². The third kappa shape index (κ3) is 11.6. The molecule has 1 fully saturated rings. The van der Waals surface area contributed by atoms with E-state index < -0.39 is 78.8 Å². The molecule has 268 valence electrons. The molecule has 4 atom stereocenters. The van der Waals surface area contributed by atoms with E-state index in [2.05, 4.69) is 10.3 Å². The van der Waals surface area contributed by atoms with Gasteiger partial charge in [-0.05, 0) is 32.1 Å². The Kier molecular flexibility index (Phi) is 14.9. The highest BCUT2D eigenvalue weighted by Crippen LogP contribution is 2.33. The van der Waals surface area contributed by atoms with Gasteiger partial charge in [0.1, 0.15) is 18.3 Å². The van der Waals surface area contributed by atoms with Crippen molar-refractivity contribution in [3.63, 3.8) is 0 Å². The summed E-state index contributed by atoms with van der Waals surface area (Å²) in [7, 11) is 0. The number of carbonyl (C=O) groups excluding carboxylic acids is 3. The van der Waals surface area contributed by atoms with Crippen molar-refractivity contribution in [3.8, 4) is 0 Å². The lowest BCUT2D eigenvalue weighted by Crippen LogP contribution is -2.44. The number of alkyl halides is 6. The van der Waals surface area contributed by atoms with Crippen molar-refractivity contribution < 1.29 is 55.7 Å². The van der Waals surface area contributed by atoms with Crippen LogP contribution in [0.2, 0.25) is 0 Å². The molecule has 13 nitrogen and oxygen atoms in total. The Morgan fingerprint density at radius 3 is 1.91 bits per heavy atom. The fourth-order valence-corrected chi connectivity index (χ4v) is 4.99. The zero-order valence-electron chi connectivity index (χ0n) is 26.0. The Bertz CT molecular complexity index is 1320. The smallest absolute Gasteiger partial charge is 0.388 e. The van der Waals surface area contributed by atoms with Crippen molar-refractivity contribution in [1.82, 2.24) is 24.7 Å². The van der Waals surface area contributed by atoms with Crippen LogP contribution in [0.5, 0.6) is 0 Å². The normalized spacial score (nSPS) is 19.9. The van der Waals surface area contributed by atoms with E-state index in [1.807, 2.05) is 0 Å². The molecule has 1 aliphatic rings. The van der Waals surface area contributed by atoms with Gasteiger partial charge in [-0.15, -0.1) is 0 Å². The first-order valence-electron chi connectivity index (χ1n) is 15.3. The van der Waals surface area contributed by atoms with Gasteiger partial charge in [-0.25, -0.2) is 4.79 Å². The molecule has 4 N–H and O–H groups in total. The first-order chi connectivity index (χ1) is 21.9. The van der Waals surface area contributed by atoms with Crippen LogP contribution in [0.1, 0.15) is 70.5 Å². The van der Waals surface area contributed by atoms with Gasteiger partial charge in [-0.1, -0.05) is 20.3 Å². The lowest BCUT2D eigenvalue weighted by atomic mass is 10.0. The highest BCUT2D eigenvalue weighted by atomic mass is 19.4. The third-order valence-corrected chi connectivity index (χ3v) is 7.56. The highest BCUT2D eigenvalue weighted by molar-refractivity contribution is 5.82. The van der Waals surface area contributed by atoms with Crippen LogP contribution >= 0.6 is 0 Å². The lowest BCUT2D eigenvalue weighted by molar-refractivity contribution is -0.186. The Labute approximate surface area is 265 Å². The quantitative estimate of drug-likeness (QED) is 0.140. The summed E-state index contributed by atoms with van der Waals surface area (Å²) < 4.78 is 84.6. The number of unbranched alkanes of at least 4 members (excludes halogenated alkanes) is 2. The summed E-state index contributed by atoms with van der Waals surface area (Å²) in [6.07, 6.45) is -13.3. The minimum atomic E-state index is -5.21. The average Bonchev–Trinajstić information content (AvgIpc) is 3.28. The summed E-state index contributed by atoms with van der Waals surface area (Å²) in [5.74, 6) is -4.80. The molecule has 2 rings (SSSR count). The predicted octanol–water partition coefficient (Wildman–Crippen LogP) is 1.37. The number of rotatable bonds is 17. The van der Waals surface area contributed by atoms with E-state index in [0.717, 1.165) is 10.8 Å². The van der Waals surface area contributed by atoms with Gasteiger partial charge in [0.05, 0.1) is 11.7 Å². The van der Waals surface area contributed by atoms with E-state index in [-0.39, 0.29) is 57.4 Å². The number of aliphatic hydroxyl groups excluding tert-OH is 2. The minimum absolute atomic E-state index is 0.0820. The summed E-state index contributed by atoms with van der Waals surface area (Å²) in [5.41, 5.74) is -1.84. The molecule has 1 aromatic heterocycles. The monoisotopic (exact) mass is 689 g/mol. The van der Waals surface area contributed by atoms with Crippen molar-refractivity contribution >= 4 is 17.7 Å². The van der Waals surface area contributed by atoms with Crippen LogP contribution < -0.4 is 16.6 Å². The SMILES string of the molecule is CCCCN(CCCCN(CCCNC(=O)CCn1cc([C@@H]2O[C@H](CC)C(O)[C@@H]2O)c(=O)[nH]c1=O)C(=O)C(F)(F)F)C(=O)C(F)(F)F. The topological polar surface area (TPSA) is 174 Å². The van der Waals surface area contributed by atoms with Gasteiger partial charge in [0.15, 0.2) is 0 Å². The zero-order valence-corrected chi connectivity index (χ0v) is 26.0. The predicted molar refractivity (Wildman–Crippen MR) is 153 cm³/mol. The molecule has 0 aromatic carbocycles. The maximum Gasteiger partial charge on any atom is 0.471 e. The van der Waals surface area contributed by atoms with Crippen molar-refractivity contribution in [2.24, 2.45) is 0 Å². The number of ether oxygens (including phenoxy) is 1. The van der Waals surface area contributed by atoms with Crippen molar-refractivity contribution in [1.29, 1.82) is 0 Å². The number of carbonyl (C=O) groups is 3. The number of amides is 3. The molecule has 1 unspecified atom stereocenters. The van der Waals surface area contributed by atoms with Gasteiger partial charge in [-0.2, -0.15) is 26.3 Å². The molecular weight excluding hydrogens is 648 g/mol. The average molecular weight is 690 g/mol. The second-order valence-corrected chi connectivity index (χ2v) is 11.1. The molecule has 3 amide bonds. The number of hydrogen-bond donors (Lipinski definition) is 4. The number of aliphatic hydroxyl groups is 2. The second-order valence-electron chi connectivity index (χ2n) is 11.1. The van der Waals surface area contributed by atoms with Crippen molar-refractivity contribution in [2.45, 2.75) is 102 Å². The van der Waals surface area contributed by atoms with Crippen LogP contribution in [0.25, 0.3) is 0 Å². The van der Waals surface area contributed by atoms with E-state index in [4.69, 9.17) is 4.74 Å². The van der Waals surface area contributed by atoms with Crippen molar-refractivity contribution in [3.05, 3.63) is 32.6 Å². The number of hydrogen-bond acceptors (Lipinski definition) is 8. The molecule has 0 saturated carbocycles. The van der Waals surface area contributed by atoms with E-state index in [9.17, 15) is 60.5 Å². The van der Waals surface area contributed by atoms with Crippen LogP contribution in [0.3, 0.4) is 0 Å². The molecule has 0 spiro atoms. The Hall–Kier alpha value is -3.45. The van der Waals surface area contributed by atoms with Gasteiger partial charge < -0.3 is 30.1 Å². The summed E-state index contributed by atoms with van der Waals surface area (Å²) >= 11 is 0. The molecule has 2 heterocycles. The van der Waals surface area contributed by atoms with E-state index in [1.165, 1.54) is 0 Å². The fraction of sp³-hybridized carbons (Fsp3) is 0.750. The van der Waals surface area contributed by atoms with Gasteiger partial charge in [-0.3, -0.25) is 28.7 Å². The van der Waals surface area contributed by atoms with Crippen LogP contribution in [0.4, 0.5) is 26.3 Å². The second kappa shape index (κ2) is 17.6. The zero-order chi connectivity index (χ0) is 35.5. The van der Waals surface area contributed by atoms with Crippen molar-refractivity contribution in [2.75, 3.05) is 32.7 Å². The Balaban J connectivity index is 1.90. The molecule has 1 aromatic rings. The first kappa shape index (κ1) is 39.7.